The van der Waals surface area contributed by atoms with Gasteiger partial charge >= 0.3 is 0 Å². The Hall–Kier alpha value is -2.13. The van der Waals surface area contributed by atoms with E-state index in [9.17, 15) is 4.79 Å². The summed E-state index contributed by atoms with van der Waals surface area (Å²) >= 11 is 0. The van der Waals surface area contributed by atoms with Gasteiger partial charge in [0.1, 0.15) is 6.04 Å². The van der Waals surface area contributed by atoms with Crippen LogP contribution in [0, 0.1) is 13.8 Å². The van der Waals surface area contributed by atoms with E-state index in [1.165, 1.54) is 5.56 Å². The van der Waals surface area contributed by atoms with Gasteiger partial charge < -0.3 is 10.6 Å². The van der Waals surface area contributed by atoms with Gasteiger partial charge in [-0.3, -0.25) is 4.79 Å². The summed E-state index contributed by atoms with van der Waals surface area (Å²) < 4.78 is 0. The number of hydrogen-bond donors (Lipinski definition) is 2. The fourth-order valence-electron chi connectivity index (χ4n) is 2.51. The van der Waals surface area contributed by atoms with Crippen molar-refractivity contribution in [2.45, 2.75) is 39.8 Å². The number of nitrogens with one attached hydrogen (secondary N) is 1. The highest BCUT2D eigenvalue weighted by Crippen LogP contribution is 2.16. The van der Waals surface area contributed by atoms with E-state index >= 15 is 0 Å². The lowest BCUT2D eigenvalue weighted by molar-refractivity contribution is -0.709. The molecule has 0 aliphatic heterocycles. The van der Waals surface area contributed by atoms with Gasteiger partial charge in [-0.15, -0.1) is 0 Å². The van der Waals surface area contributed by atoms with Gasteiger partial charge in [0.25, 0.3) is 5.91 Å². The third-order valence-electron chi connectivity index (χ3n) is 3.97. The first-order valence-corrected chi connectivity index (χ1v) is 7.75. The van der Waals surface area contributed by atoms with E-state index in [0.717, 1.165) is 16.8 Å². The molecule has 0 saturated carbocycles. The molecule has 2 rings (SSSR count). The normalized spacial score (nSPS) is 13.5. The molecule has 1 amide bonds. The molecule has 0 spiro atoms. The second-order valence-electron chi connectivity index (χ2n) is 5.99. The quantitative estimate of drug-likeness (QED) is 0.875. The Morgan fingerprint density at radius 2 is 1.73 bits per heavy atom. The Morgan fingerprint density at radius 1 is 1.05 bits per heavy atom. The Balaban J connectivity index is 1.99. The number of anilines is 1. The zero-order chi connectivity index (χ0) is 16.1. The zero-order valence-electron chi connectivity index (χ0n) is 13.8. The number of rotatable bonds is 5. The molecule has 3 nitrogen and oxygen atoms in total. The van der Waals surface area contributed by atoms with Crippen LogP contribution in [0.1, 0.15) is 36.6 Å². The average Bonchev–Trinajstić information content (AvgIpc) is 2.51. The van der Waals surface area contributed by atoms with Gasteiger partial charge in [-0.05, 0) is 44.9 Å². The first-order valence-electron chi connectivity index (χ1n) is 7.75. The smallest absolute Gasteiger partial charge is 0.282 e. The Labute approximate surface area is 132 Å². The molecular formula is C19H25N2O+. The molecule has 2 aromatic carbocycles. The van der Waals surface area contributed by atoms with E-state index in [2.05, 4.69) is 35.8 Å². The lowest BCUT2D eigenvalue weighted by Crippen LogP contribution is -2.91. The minimum atomic E-state index is -0.143. The summed E-state index contributed by atoms with van der Waals surface area (Å²) in [5.74, 6) is 0.0384. The predicted octanol–water partition coefficient (Wildman–Crippen LogP) is 2.96. The monoisotopic (exact) mass is 297 g/mol. The summed E-state index contributed by atoms with van der Waals surface area (Å²) in [6, 6.07) is 16.5. The molecule has 116 valence electrons. The number of carbonyl (C=O) groups excluding carboxylic acids is 1. The van der Waals surface area contributed by atoms with E-state index in [1.807, 2.05) is 51.1 Å². The molecule has 0 aliphatic carbocycles. The van der Waals surface area contributed by atoms with Gasteiger partial charge in [0.2, 0.25) is 0 Å². The number of hydrogen-bond acceptors (Lipinski definition) is 1. The van der Waals surface area contributed by atoms with Crippen LogP contribution in [0.5, 0.6) is 0 Å². The largest absolute Gasteiger partial charge is 0.330 e. The summed E-state index contributed by atoms with van der Waals surface area (Å²) in [4.78, 5) is 12.4. The third kappa shape index (κ3) is 4.18. The molecule has 0 heterocycles. The van der Waals surface area contributed by atoms with Crippen LogP contribution >= 0.6 is 0 Å². The molecule has 3 heteroatoms. The number of nitrogens with two attached hydrogens (primary N) is 1. The van der Waals surface area contributed by atoms with Crippen LogP contribution in [-0.4, -0.2) is 11.9 Å². The van der Waals surface area contributed by atoms with E-state index in [1.54, 1.807) is 0 Å². The molecular weight excluding hydrogens is 272 g/mol. The maximum atomic E-state index is 12.4. The number of benzene rings is 2. The van der Waals surface area contributed by atoms with Crippen molar-refractivity contribution >= 4 is 11.6 Å². The van der Waals surface area contributed by atoms with Gasteiger partial charge in [-0.1, -0.05) is 42.5 Å². The maximum Gasteiger partial charge on any atom is 0.282 e. The van der Waals surface area contributed by atoms with Gasteiger partial charge in [0, 0.05) is 11.3 Å². The Bertz CT molecular complexity index is 637. The molecule has 0 radical (unpaired) electrons. The molecule has 0 aliphatic rings. The number of carbonyl (C=O) groups is 1. The van der Waals surface area contributed by atoms with E-state index < -0.39 is 0 Å². The summed E-state index contributed by atoms with van der Waals surface area (Å²) in [5, 5.41) is 5.13. The minimum absolute atomic E-state index is 0.0384. The fourth-order valence-corrected chi connectivity index (χ4v) is 2.51. The van der Waals surface area contributed by atoms with Crippen LogP contribution in [0.2, 0.25) is 0 Å². The third-order valence-corrected chi connectivity index (χ3v) is 3.97. The highest BCUT2D eigenvalue weighted by molar-refractivity contribution is 5.94. The number of quaternary nitrogens is 1. The van der Waals surface area contributed by atoms with Crippen molar-refractivity contribution in [3.05, 3.63) is 65.2 Å². The van der Waals surface area contributed by atoms with Gasteiger partial charge in [-0.25, -0.2) is 0 Å². The average molecular weight is 297 g/mol. The van der Waals surface area contributed by atoms with E-state index in [-0.39, 0.29) is 18.0 Å². The zero-order valence-corrected chi connectivity index (χ0v) is 13.8. The van der Waals surface area contributed by atoms with Crippen molar-refractivity contribution in [1.29, 1.82) is 0 Å². The molecule has 3 N–H and O–H groups in total. The second-order valence-corrected chi connectivity index (χ2v) is 5.99. The first-order chi connectivity index (χ1) is 10.5. The van der Waals surface area contributed by atoms with Gasteiger partial charge in [-0.2, -0.15) is 0 Å². The molecule has 0 aromatic heterocycles. The summed E-state index contributed by atoms with van der Waals surface area (Å²) in [6.45, 7) is 8.11. The molecule has 0 fully saturated rings. The molecule has 22 heavy (non-hydrogen) atoms. The standard InChI is InChI=1S/C19H24N2O/c1-13-10-11-14(2)18(12-13)21-19(22)16(4)20-15(3)17-8-6-5-7-9-17/h5-12,15-16,20H,1-4H3,(H,21,22)/p+1/t15-,16+/m1/s1. The molecule has 0 bridgehead atoms. The SMILES string of the molecule is Cc1ccc(C)c(NC(=O)[C@H](C)[NH2+][C@H](C)c2ccccc2)c1. The van der Waals surface area contributed by atoms with Crippen molar-refractivity contribution in [1.82, 2.24) is 0 Å². The summed E-state index contributed by atoms with van der Waals surface area (Å²) in [5.41, 5.74) is 4.36. The highest BCUT2D eigenvalue weighted by atomic mass is 16.2. The molecule has 0 unspecified atom stereocenters. The fraction of sp³-hybridized carbons (Fsp3) is 0.316. The molecule has 2 aromatic rings. The van der Waals surface area contributed by atoms with Gasteiger partial charge in [0.15, 0.2) is 6.04 Å². The maximum absolute atomic E-state index is 12.4. The minimum Gasteiger partial charge on any atom is -0.330 e. The van der Waals surface area contributed by atoms with Crippen molar-refractivity contribution < 1.29 is 10.1 Å². The van der Waals surface area contributed by atoms with Crippen molar-refractivity contribution in [2.24, 2.45) is 0 Å². The number of aryl methyl sites for hydroxylation is 2. The second kappa shape index (κ2) is 7.23. The first kappa shape index (κ1) is 16.2. The van der Waals surface area contributed by atoms with Crippen molar-refractivity contribution in [2.75, 3.05) is 5.32 Å². The van der Waals surface area contributed by atoms with Crippen LogP contribution in [0.4, 0.5) is 5.69 Å². The predicted molar refractivity (Wildman–Crippen MR) is 90.8 cm³/mol. The van der Waals surface area contributed by atoms with Crippen LogP contribution in [-0.2, 0) is 4.79 Å². The van der Waals surface area contributed by atoms with Crippen LogP contribution in [0.25, 0.3) is 0 Å². The van der Waals surface area contributed by atoms with Crippen LogP contribution < -0.4 is 10.6 Å². The Morgan fingerprint density at radius 3 is 2.41 bits per heavy atom. The van der Waals surface area contributed by atoms with Gasteiger partial charge in [0.05, 0.1) is 0 Å². The van der Waals surface area contributed by atoms with Crippen LogP contribution in [0.3, 0.4) is 0 Å². The highest BCUT2D eigenvalue weighted by Gasteiger charge is 2.20. The Kier molecular flexibility index (Phi) is 5.34. The van der Waals surface area contributed by atoms with E-state index in [4.69, 9.17) is 0 Å². The summed E-state index contributed by atoms with van der Waals surface area (Å²) in [7, 11) is 0. The van der Waals surface area contributed by atoms with Crippen molar-refractivity contribution in [3.63, 3.8) is 0 Å². The lowest BCUT2D eigenvalue weighted by Gasteiger charge is -2.17. The lowest BCUT2D eigenvalue weighted by atomic mass is 10.1. The number of amides is 1. The molecule has 0 saturated heterocycles. The topological polar surface area (TPSA) is 45.7 Å². The van der Waals surface area contributed by atoms with Crippen molar-refractivity contribution in [3.8, 4) is 0 Å². The van der Waals surface area contributed by atoms with Crippen LogP contribution in [0.15, 0.2) is 48.5 Å². The molecule has 2 atom stereocenters. The van der Waals surface area contributed by atoms with E-state index in [0.29, 0.717) is 0 Å². The summed E-state index contributed by atoms with van der Waals surface area (Å²) in [6.07, 6.45) is 0.